The lowest BCUT2D eigenvalue weighted by atomic mass is 9.73. The van der Waals surface area contributed by atoms with Crippen LogP contribution in [0.1, 0.15) is 62.3 Å². The quantitative estimate of drug-likeness (QED) is 0.191. The summed E-state index contributed by atoms with van der Waals surface area (Å²) in [6.07, 6.45) is 6.15. The van der Waals surface area contributed by atoms with Crippen LogP contribution in [0.25, 0.3) is 11.3 Å². The first-order valence-electron chi connectivity index (χ1n) is 13.5. The molecule has 1 aliphatic carbocycles. The van der Waals surface area contributed by atoms with Crippen molar-refractivity contribution in [1.82, 2.24) is 15.0 Å². The summed E-state index contributed by atoms with van der Waals surface area (Å²) in [5, 5.41) is 14.5. The second-order valence-electron chi connectivity index (χ2n) is 10.5. The first kappa shape index (κ1) is 29.9. The zero-order chi connectivity index (χ0) is 28.7. The summed E-state index contributed by atoms with van der Waals surface area (Å²) in [6.45, 7) is 4.17. The summed E-state index contributed by atoms with van der Waals surface area (Å²) in [5.74, 6) is 1.48. The summed E-state index contributed by atoms with van der Waals surface area (Å²) in [4.78, 5) is 25.7. The third-order valence-corrected chi connectivity index (χ3v) is 8.13. The largest absolute Gasteiger partial charge is 0.465 e. The number of halogens is 2. The number of alkyl halides is 2. The number of aromatic nitrogens is 3. The average Bonchev–Trinajstić information content (AvgIpc) is 2.95. The molecule has 1 atom stereocenters. The van der Waals surface area contributed by atoms with Crippen LogP contribution in [-0.2, 0) is 15.1 Å². The van der Waals surface area contributed by atoms with Gasteiger partial charge in [0.25, 0.3) is 6.43 Å². The first-order valence-corrected chi connectivity index (χ1v) is 14.9. The van der Waals surface area contributed by atoms with Crippen molar-refractivity contribution in [3.8, 4) is 11.3 Å². The van der Waals surface area contributed by atoms with Gasteiger partial charge in [-0.25, -0.2) is 18.7 Å². The van der Waals surface area contributed by atoms with E-state index in [4.69, 9.17) is 4.74 Å². The Bertz CT molecular complexity index is 1280. The third-order valence-electron chi connectivity index (χ3n) is 7.43. The molecule has 0 radical (unpaired) electrons. The number of hydrogen-bond donors (Lipinski definition) is 2. The van der Waals surface area contributed by atoms with Crippen LogP contribution in [0.5, 0.6) is 0 Å². The molecule has 1 fully saturated rings. The number of rotatable bonds is 11. The number of esters is 1. The third kappa shape index (κ3) is 7.54. The lowest BCUT2D eigenvalue weighted by molar-refractivity contribution is -0.151. The monoisotopic (exact) mass is 570 g/mol. The Morgan fingerprint density at radius 3 is 2.60 bits per heavy atom. The number of aryl methyl sites for hydroxylation is 1. The van der Waals surface area contributed by atoms with Gasteiger partial charge in [-0.3, -0.25) is 9.78 Å². The second-order valence-corrected chi connectivity index (χ2v) is 11.4. The van der Waals surface area contributed by atoms with Gasteiger partial charge in [-0.2, -0.15) is 11.8 Å². The minimum Gasteiger partial charge on any atom is -0.465 e. The van der Waals surface area contributed by atoms with E-state index >= 15 is 0 Å². The second kappa shape index (κ2) is 13.5. The van der Waals surface area contributed by atoms with Gasteiger partial charge >= 0.3 is 5.97 Å². The average molecular weight is 571 g/mol. The molecular formula is C30H36F2N4O3S. The van der Waals surface area contributed by atoms with Crippen molar-refractivity contribution in [3.63, 3.8) is 0 Å². The number of nitrogens with zero attached hydrogens (tertiary/aromatic N) is 3. The maximum atomic E-state index is 13.1. The number of carbonyl (C=O) groups is 1. The van der Waals surface area contributed by atoms with Gasteiger partial charge in [-0.15, -0.1) is 0 Å². The summed E-state index contributed by atoms with van der Waals surface area (Å²) in [5.41, 5.74) is 1.65. The van der Waals surface area contributed by atoms with Crippen LogP contribution < -0.4 is 5.32 Å². The molecule has 7 nitrogen and oxygen atoms in total. The van der Waals surface area contributed by atoms with Crippen molar-refractivity contribution in [2.75, 3.05) is 23.9 Å². The fourth-order valence-corrected chi connectivity index (χ4v) is 5.51. The van der Waals surface area contributed by atoms with Gasteiger partial charge in [0.1, 0.15) is 17.2 Å². The number of pyridine rings is 3. The predicted octanol–water partition coefficient (Wildman–Crippen LogP) is 6.84. The van der Waals surface area contributed by atoms with Crippen LogP contribution in [0.4, 0.5) is 20.4 Å². The SMILES string of the molecule is CSCCCOC(=O)C1CCC([C@@](C)(O)c2ccc(-c3cc(C)cc(Nc4cc(C(F)F)ccn4)n3)cn2)CC1. The first-order chi connectivity index (χ1) is 19.2. The van der Waals surface area contributed by atoms with Gasteiger partial charge in [0.2, 0.25) is 0 Å². The maximum absolute atomic E-state index is 13.1. The fourth-order valence-electron chi connectivity index (χ4n) is 5.10. The molecule has 4 rings (SSSR count). The van der Waals surface area contributed by atoms with E-state index < -0.39 is 12.0 Å². The van der Waals surface area contributed by atoms with Gasteiger partial charge in [-0.05, 0) is 106 Å². The minimum atomic E-state index is -2.59. The predicted molar refractivity (Wildman–Crippen MR) is 154 cm³/mol. The minimum absolute atomic E-state index is 0.0178. The molecule has 10 heteroatoms. The molecule has 0 spiro atoms. The van der Waals surface area contributed by atoms with E-state index in [1.54, 1.807) is 24.9 Å². The van der Waals surface area contributed by atoms with Crippen LogP contribution in [0, 0.1) is 18.8 Å². The summed E-state index contributed by atoms with van der Waals surface area (Å²) in [7, 11) is 0. The molecule has 1 saturated carbocycles. The summed E-state index contributed by atoms with van der Waals surface area (Å²) >= 11 is 1.74. The molecule has 2 N–H and O–H groups in total. The molecular weight excluding hydrogens is 534 g/mol. The number of carbonyl (C=O) groups excluding carboxylic acids is 1. The number of ether oxygens (including phenoxy) is 1. The fraction of sp³-hybridized carbons (Fsp3) is 0.467. The Balaban J connectivity index is 1.40. The Hall–Kier alpha value is -3.11. The zero-order valence-corrected chi connectivity index (χ0v) is 23.9. The van der Waals surface area contributed by atoms with Crippen molar-refractivity contribution in [2.45, 2.75) is 58.0 Å². The lowest BCUT2D eigenvalue weighted by Gasteiger charge is -2.37. The van der Waals surface area contributed by atoms with Crippen LogP contribution in [-0.4, -0.2) is 44.6 Å². The molecule has 0 amide bonds. The number of anilines is 2. The zero-order valence-electron chi connectivity index (χ0n) is 23.1. The molecule has 0 unspecified atom stereocenters. The Kier molecular flexibility index (Phi) is 10.1. The topological polar surface area (TPSA) is 97.2 Å². The van der Waals surface area contributed by atoms with Gasteiger partial charge in [-0.1, -0.05) is 0 Å². The van der Waals surface area contributed by atoms with Gasteiger partial charge in [0, 0.05) is 23.5 Å². The molecule has 1 aliphatic rings. The Labute approximate surface area is 238 Å². The number of aliphatic hydroxyl groups is 1. The molecule has 40 heavy (non-hydrogen) atoms. The normalized spacial score (nSPS) is 18.8. The number of hydrogen-bond acceptors (Lipinski definition) is 8. The van der Waals surface area contributed by atoms with Crippen molar-refractivity contribution >= 4 is 29.4 Å². The number of thioether (sulfide) groups is 1. The van der Waals surface area contributed by atoms with Crippen molar-refractivity contribution in [1.29, 1.82) is 0 Å². The maximum Gasteiger partial charge on any atom is 0.308 e. The van der Waals surface area contributed by atoms with Crippen molar-refractivity contribution < 1.29 is 23.4 Å². The molecule has 214 valence electrons. The van der Waals surface area contributed by atoms with E-state index in [1.165, 1.54) is 18.3 Å². The van der Waals surface area contributed by atoms with Crippen LogP contribution >= 0.6 is 11.8 Å². The van der Waals surface area contributed by atoms with E-state index in [2.05, 4.69) is 20.3 Å². The molecule has 0 aliphatic heterocycles. The van der Waals surface area contributed by atoms with Crippen LogP contribution in [0.15, 0.2) is 48.8 Å². The molecule has 3 heterocycles. The highest BCUT2D eigenvalue weighted by molar-refractivity contribution is 7.98. The Morgan fingerprint density at radius 2 is 1.93 bits per heavy atom. The molecule has 0 aromatic carbocycles. The van der Waals surface area contributed by atoms with Gasteiger partial charge in [0.05, 0.1) is 23.9 Å². The smallest absolute Gasteiger partial charge is 0.308 e. The van der Waals surface area contributed by atoms with Crippen molar-refractivity contribution in [3.05, 3.63) is 65.6 Å². The van der Waals surface area contributed by atoms with E-state index in [9.17, 15) is 18.7 Å². The van der Waals surface area contributed by atoms with Gasteiger partial charge < -0.3 is 15.2 Å². The molecule has 3 aromatic rings. The summed E-state index contributed by atoms with van der Waals surface area (Å²) in [6, 6.07) is 9.98. The van der Waals surface area contributed by atoms with E-state index in [1.807, 2.05) is 37.4 Å². The highest BCUT2D eigenvalue weighted by Crippen LogP contribution is 2.41. The van der Waals surface area contributed by atoms with E-state index in [-0.39, 0.29) is 29.2 Å². The Morgan fingerprint density at radius 1 is 1.15 bits per heavy atom. The molecule has 0 saturated heterocycles. The van der Waals surface area contributed by atoms with Crippen LogP contribution in [0.2, 0.25) is 0 Å². The highest BCUT2D eigenvalue weighted by atomic mass is 32.2. The molecule has 3 aromatic heterocycles. The number of nitrogens with one attached hydrogen (secondary N) is 1. The standard InChI is InChI=1S/C30H36F2N4O3S/c1-19-15-24(35-27(16-19)36-26-17-21(28(31)32)11-12-33-26)22-7-10-25(34-18-22)30(2,38)23-8-5-20(6-9-23)29(37)39-13-4-14-40-3/h7,10-12,15-18,20,23,28,38H,4-6,8-9,13-14H2,1-3H3,(H,33,35,36)/t20?,23?,30-/m1/s1. The van der Waals surface area contributed by atoms with E-state index in [0.717, 1.165) is 36.1 Å². The summed E-state index contributed by atoms with van der Waals surface area (Å²) < 4.78 is 31.6. The highest BCUT2D eigenvalue weighted by Gasteiger charge is 2.39. The lowest BCUT2D eigenvalue weighted by Crippen LogP contribution is -2.37. The van der Waals surface area contributed by atoms with Gasteiger partial charge in [0.15, 0.2) is 0 Å². The van der Waals surface area contributed by atoms with Crippen LogP contribution in [0.3, 0.4) is 0 Å². The van der Waals surface area contributed by atoms with E-state index in [0.29, 0.717) is 36.7 Å². The molecule has 0 bridgehead atoms. The van der Waals surface area contributed by atoms with Crippen molar-refractivity contribution in [2.24, 2.45) is 11.8 Å².